The Morgan fingerprint density at radius 1 is 1.20 bits per heavy atom. The van der Waals surface area contributed by atoms with Gasteiger partial charge >= 0.3 is 0 Å². The van der Waals surface area contributed by atoms with E-state index in [-0.39, 0.29) is 23.9 Å². The van der Waals surface area contributed by atoms with Crippen molar-refractivity contribution >= 4 is 34.2 Å². The summed E-state index contributed by atoms with van der Waals surface area (Å²) in [4.78, 5) is 11.9. The van der Waals surface area contributed by atoms with E-state index in [4.69, 9.17) is 5.73 Å². The summed E-state index contributed by atoms with van der Waals surface area (Å²) in [6.45, 7) is 0.600. The van der Waals surface area contributed by atoms with Gasteiger partial charge in [-0.2, -0.15) is 0 Å². The highest BCUT2D eigenvalue weighted by atomic mass is 79.9. The first-order valence-corrected chi connectivity index (χ1v) is 7.67. The van der Waals surface area contributed by atoms with Crippen molar-refractivity contribution in [3.05, 3.63) is 34.3 Å². The second kappa shape index (κ2) is 8.01. The van der Waals surface area contributed by atoms with Crippen LogP contribution in [0.5, 0.6) is 0 Å². The van der Waals surface area contributed by atoms with E-state index in [2.05, 4.69) is 21.2 Å². The Bertz CT molecular complexity index is 430. The monoisotopic (exact) mass is 360 g/mol. The van der Waals surface area contributed by atoms with Crippen LogP contribution in [0.1, 0.15) is 37.7 Å². The van der Waals surface area contributed by atoms with Crippen molar-refractivity contribution in [3.63, 3.8) is 0 Å². The molecule has 1 fully saturated rings. The summed E-state index contributed by atoms with van der Waals surface area (Å²) in [6.07, 6.45) is 6.09. The minimum Gasteiger partial charge on any atom is -0.354 e. The van der Waals surface area contributed by atoms with E-state index in [1.165, 1.54) is 19.3 Å². The van der Waals surface area contributed by atoms with Crippen molar-refractivity contribution in [3.8, 4) is 0 Å². The van der Waals surface area contributed by atoms with Gasteiger partial charge in [0.1, 0.15) is 0 Å². The van der Waals surface area contributed by atoms with Gasteiger partial charge in [0.05, 0.1) is 6.42 Å². The molecule has 1 aliphatic rings. The highest BCUT2D eigenvalue weighted by molar-refractivity contribution is 9.10. The van der Waals surface area contributed by atoms with Crippen LogP contribution in [0.3, 0.4) is 0 Å². The molecule has 2 rings (SSSR count). The molecule has 1 aromatic carbocycles. The van der Waals surface area contributed by atoms with Gasteiger partial charge in [0.2, 0.25) is 5.91 Å². The van der Waals surface area contributed by atoms with Crippen LogP contribution in [0.4, 0.5) is 0 Å². The molecule has 1 aromatic rings. The highest BCUT2D eigenvalue weighted by Gasteiger charge is 2.27. The van der Waals surface area contributed by atoms with Gasteiger partial charge in [0.25, 0.3) is 0 Å². The molecular formula is C15H22BrClN2O. The number of halogens is 2. The summed E-state index contributed by atoms with van der Waals surface area (Å²) in [6, 6.07) is 7.83. The fourth-order valence-corrected chi connectivity index (χ4v) is 2.82. The van der Waals surface area contributed by atoms with Crippen LogP contribution in [0.15, 0.2) is 28.7 Å². The van der Waals surface area contributed by atoms with E-state index in [1.807, 2.05) is 24.3 Å². The standard InChI is InChI=1S/C15H21BrN2O.ClH/c16-13-6-4-12(5-7-13)10-14(19)18-11-15(17)8-2-1-3-9-15;/h4-7H,1-3,8-11,17H2,(H,18,19);1H. The molecule has 3 N–H and O–H groups in total. The SMILES string of the molecule is Cl.NC1(CNC(=O)Cc2ccc(Br)cc2)CCCCC1. The van der Waals surface area contributed by atoms with Gasteiger partial charge in [-0.15, -0.1) is 12.4 Å². The maximum absolute atomic E-state index is 11.9. The Morgan fingerprint density at radius 3 is 2.40 bits per heavy atom. The van der Waals surface area contributed by atoms with Gasteiger partial charge in [-0.1, -0.05) is 47.3 Å². The van der Waals surface area contributed by atoms with Crippen molar-refractivity contribution in [2.24, 2.45) is 5.73 Å². The number of nitrogens with two attached hydrogens (primary N) is 1. The summed E-state index contributed by atoms with van der Waals surface area (Å²) < 4.78 is 1.03. The highest BCUT2D eigenvalue weighted by Crippen LogP contribution is 2.25. The first-order chi connectivity index (χ1) is 9.07. The third kappa shape index (κ3) is 5.43. The van der Waals surface area contributed by atoms with E-state index in [1.54, 1.807) is 0 Å². The van der Waals surface area contributed by atoms with E-state index in [0.717, 1.165) is 22.9 Å². The van der Waals surface area contributed by atoms with Gasteiger partial charge in [-0.3, -0.25) is 4.79 Å². The molecule has 112 valence electrons. The fraction of sp³-hybridized carbons (Fsp3) is 0.533. The molecule has 0 radical (unpaired) electrons. The quantitative estimate of drug-likeness (QED) is 0.865. The van der Waals surface area contributed by atoms with Crippen molar-refractivity contribution < 1.29 is 4.79 Å². The van der Waals surface area contributed by atoms with Crippen molar-refractivity contribution in [1.29, 1.82) is 0 Å². The van der Waals surface area contributed by atoms with Crippen LogP contribution in [0.2, 0.25) is 0 Å². The first-order valence-electron chi connectivity index (χ1n) is 6.87. The molecule has 0 heterocycles. The Labute approximate surface area is 135 Å². The van der Waals surface area contributed by atoms with Crippen LogP contribution in [0.25, 0.3) is 0 Å². The Balaban J connectivity index is 0.00000200. The Kier molecular flexibility index (Phi) is 7.00. The number of benzene rings is 1. The fourth-order valence-electron chi connectivity index (χ4n) is 2.56. The number of hydrogen-bond acceptors (Lipinski definition) is 2. The number of hydrogen-bond donors (Lipinski definition) is 2. The smallest absolute Gasteiger partial charge is 0.224 e. The molecule has 0 atom stereocenters. The lowest BCUT2D eigenvalue weighted by molar-refractivity contribution is -0.120. The molecule has 1 aliphatic carbocycles. The molecule has 3 nitrogen and oxygen atoms in total. The third-order valence-electron chi connectivity index (χ3n) is 3.76. The number of rotatable bonds is 4. The van der Waals surface area contributed by atoms with Gasteiger partial charge in [-0.25, -0.2) is 0 Å². The zero-order valence-corrected chi connectivity index (χ0v) is 13.9. The lowest BCUT2D eigenvalue weighted by atomic mass is 9.82. The molecule has 1 amide bonds. The van der Waals surface area contributed by atoms with Crippen LogP contribution in [-0.2, 0) is 11.2 Å². The van der Waals surface area contributed by atoms with Crippen molar-refractivity contribution in [2.75, 3.05) is 6.54 Å². The number of carbonyl (C=O) groups excluding carboxylic acids is 1. The minimum atomic E-state index is -0.187. The van der Waals surface area contributed by atoms with Crippen LogP contribution >= 0.6 is 28.3 Å². The molecule has 5 heteroatoms. The largest absolute Gasteiger partial charge is 0.354 e. The van der Waals surface area contributed by atoms with Gasteiger partial charge < -0.3 is 11.1 Å². The van der Waals surface area contributed by atoms with E-state index >= 15 is 0 Å². The van der Waals surface area contributed by atoms with Crippen LogP contribution in [0, 0.1) is 0 Å². The normalized spacial score (nSPS) is 17.1. The molecule has 1 saturated carbocycles. The summed E-state index contributed by atoms with van der Waals surface area (Å²) in [5.41, 5.74) is 7.14. The maximum Gasteiger partial charge on any atom is 0.224 e. The molecule has 0 saturated heterocycles. The molecule has 0 aliphatic heterocycles. The summed E-state index contributed by atoms with van der Waals surface area (Å²) in [5.74, 6) is 0.0534. The van der Waals surface area contributed by atoms with E-state index in [0.29, 0.717) is 13.0 Å². The molecule has 0 spiro atoms. The average molecular weight is 362 g/mol. The second-order valence-corrected chi connectivity index (χ2v) is 6.42. The van der Waals surface area contributed by atoms with E-state index in [9.17, 15) is 4.79 Å². The predicted octanol–water partition coefficient (Wildman–Crippen LogP) is 3.19. The number of amides is 1. The molecule has 20 heavy (non-hydrogen) atoms. The lowest BCUT2D eigenvalue weighted by Gasteiger charge is -2.33. The van der Waals surface area contributed by atoms with Crippen molar-refractivity contribution in [1.82, 2.24) is 5.32 Å². The molecule has 0 unspecified atom stereocenters. The summed E-state index contributed by atoms with van der Waals surface area (Å²) in [5, 5.41) is 2.98. The van der Waals surface area contributed by atoms with E-state index < -0.39 is 0 Å². The van der Waals surface area contributed by atoms with Gasteiger partial charge in [0.15, 0.2) is 0 Å². The van der Waals surface area contributed by atoms with Gasteiger partial charge in [0, 0.05) is 16.6 Å². The number of nitrogens with one attached hydrogen (secondary N) is 1. The zero-order valence-electron chi connectivity index (χ0n) is 11.5. The average Bonchev–Trinajstić information content (AvgIpc) is 2.40. The maximum atomic E-state index is 11.9. The lowest BCUT2D eigenvalue weighted by Crippen LogP contribution is -2.51. The predicted molar refractivity (Wildman–Crippen MR) is 88.1 cm³/mol. The second-order valence-electron chi connectivity index (χ2n) is 5.50. The molecular weight excluding hydrogens is 340 g/mol. The number of carbonyl (C=O) groups is 1. The Morgan fingerprint density at radius 2 is 1.80 bits per heavy atom. The Hall–Kier alpha value is -0.580. The van der Waals surface area contributed by atoms with Crippen molar-refractivity contribution in [2.45, 2.75) is 44.1 Å². The van der Waals surface area contributed by atoms with Crippen LogP contribution < -0.4 is 11.1 Å². The topological polar surface area (TPSA) is 55.1 Å². The zero-order chi connectivity index (χ0) is 13.7. The first kappa shape index (κ1) is 17.5. The summed E-state index contributed by atoms with van der Waals surface area (Å²) >= 11 is 3.38. The minimum absolute atomic E-state index is 0. The van der Waals surface area contributed by atoms with Gasteiger partial charge in [-0.05, 0) is 30.5 Å². The third-order valence-corrected chi connectivity index (χ3v) is 4.29. The molecule has 0 aromatic heterocycles. The van der Waals surface area contributed by atoms with Crippen LogP contribution in [-0.4, -0.2) is 18.0 Å². The molecule has 0 bridgehead atoms. The summed E-state index contributed by atoms with van der Waals surface area (Å²) in [7, 11) is 0.